The van der Waals surface area contributed by atoms with Crippen LogP contribution in [0.1, 0.15) is 17.3 Å². The van der Waals surface area contributed by atoms with Crippen LogP contribution in [0, 0.1) is 5.82 Å². The molecule has 1 atom stereocenters. The smallest absolute Gasteiger partial charge is 0.129 e. The van der Waals surface area contributed by atoms with Gasteiger partial charge in [-0.1, -0.05) is 22.0 Å². The van der Waals surface area contributed by atoms with Crippen LogP contribution in [0.25, 0.3) is 0 Å². The monoisotopic (exact) mass is 372 g/mol. The summed E-state index contributed by atoms with van der Waals surface area (Å²) >= 11 is 6.54. The molecule has 0 saturated carbocycles. The van der Waals surface area contributed by atoms with Crippen LogP contribution in [-0.4, -0.2) is 4.98 Å². The molecule has 2 rings (SSSR count). The van der Waals surface area contributed by atoms with E-state index >= 15 is 0 Å². The summed E-state index contributed by atoms with van der Waals surface area (Å²) in [4.78, 5) is 4.23. The first-order valence-electron chi connectivity index (χ1n) is 5.37. The van der Waals surface area contributed by atoms with Crippen LogP contribution >= 0.6 is 31.9 Å². The molecule has 1 unspecified atom stereocenters. The fourth-order valence-electron chi connectivity index (χ4n) is 1.66. The summed E-state index contributed by atoms with van der Waals surface area (Å²) in [5.74, 6) is -0.297. The Kier molecular flexibility index (Phi) is 4.48. The lowest BCUT2D eigenvalue weighted by Crippen LogP contribution is -2.15. The largest absolute Gasteiger partial charge is 0.324 e. The van der Waals surface area contributed by atoms with E-state index in [1.165, 1.54) is 6.07 Å². The van der Waals surface area contributed by atoms with E-state index in [-0.39, 0.29) is 5.82 Å². The first-order valence-corrected chi connectivity index (χ1v) is 6.96. The quantitative estimate of drug-likeness (QED) is 0.883. The summed E-state index contributed by atoms with van der Waals surface area (Å²) in [7, 11) is 0. The number of aromatic nitrogens is 1. The van der Waals surface area contributed by atoms with Gasteiger partial charge in [0.05, 0.1) is 0 Å². The predicted octanol–water partition coefficient (Wildman–Crippen LogP) is 3.99. The van der Waals surface area contributed by atoms with Gasteiger partial charge in [0.25, 0.3) is 0 Å². The molecule has 0 amide bonds. The topological polar surface area (TPSA) is 38.9 Å². The fourth-order valence-corrected chi connectivity index (χ4v) is 2.23. The lowest BCUT2D eigenvalue weighted by Gasteiger charge is -2.12. The van der Waals surface area contributed by atoms with Gasteiger partial charge < -0.3 is 5.73 Å². The summed E-state index contributed by atoms with van der Waals surface area (Å²) in [6.45, 7) is 0. The van der Waals surface area contributed by atoms with Gasteiger partial charge in [-0.3, -0.25) is 4.98 Å². The Balaban J connectivity index is 2.16. The minimum absolute atomic E-state index is 0.297. The lowest BCUT2D eigenvalue weighted by atomic mass is 10.0. The maximum Gasteiger partial charge on any atom is 0.129 e. The van der Waals surface area contributed by atoms with E-state index in [1.54, 1.807) is 18.3 Å². The molecular weight excluding hydrogens is 363 g/mol. The molecule has 0 aliphatic carbocycles. The molecule has 18 heavy (non-hydrogen) atoms. The highest BCUT2D eigenvalue weighted by atomic mass is 79.9. The van der Waals surface area contributed by atoms with E-state index in [0.29, 0.717) is 16.5 Å². The highest BCUT2D eigenvalue weighted by Gasteiger charge is 2.13. The number of rotatable bonds is 3. The van der Waals surface area contributed by atoms with Crippen molar-refractivity contribution in [2.45, 2.75) is 12.5 Å². The number of hydrogen-bond acceptors (Lipinski definition) is 2. The van der Waals surface area contributed by atoms with E-state index < -0.39 is 6.04 Å². The van der Waals surface area contributed by atoms with Gasteiger partial charge in [-0.15, -0.1) is 0 Å². The number of benzene rings is 1. The molecule has 0 fully saturated rings. The Morgan fingerprint density at radius 3 is 2.50 bits per heavy atom. The van der Waals surface area contributed by atoms with Crippen LogP contribution in [0.15, 0.2) is 45.5 Å². The molecule has 0 saturated heterocycles. The summed E-state index contributed by atoms with van der Waals surface area (Å²) in [6, 6.07) is 8.28. The molecule has 1 heterocycles. The summed E-state index contributed by atoms with van der Waals surface area (Å²) < 4.78 is 15.3. The van der Waals surface area contributed by atoms with Crippen LogP contribution in [0.5, 0.6) is 0 Å². The number of hydrogen-bond donors (Lipinski definition) is 1. The zero-order valence-electron chi connectivity index (χ0n) is 9.41. The SMILES string of the molecule is NC(Cc1ccc(Br)cn1)c1ccc(Br)cc1F. The van der Waals surface area contributed by atoms with E-state index in [2.05, 4.69) is 36.8 Å². The Morgan fingerprint density at radius 2 is 1.89 bits per heavy atom. The molecule has 1 aromatic heterocycles. The third kappa shape index (κ3) is 3.37. The molecule has 0 aliphatic rings. The molecule has 0 spiro atoms. The summed E-state index contributed by atoms with van der Waals surface area (Å²) in [5.41, 5.74) is 7.35. The van der Waals surface area contributed by atoms with Crippen LogP contribution in [-0.2, 0) is 6.42 Å². The lowest BCUT2D eigenvalue weighted by molar-refractivity contribution is 0.577. The van der Waals surface area contributed by atoms with Crippen LogP contribution in [0.3, 0.4) is 0 Å². The van der Waals surface area contributed by atoms with Crippen LogP contribution in [0.4, 0.5) is 4.39 Å². The maximum absolute atomic E-state index is 13.7. The maximum atomic E-state index is 13.7. The molecule has 1 aromatic carbocycles. The van der Waals surface area contributed by atoms with Crippen molar-refractivity contribution in [1.82, 2.24) is 4.98 Å². The number of pyridine rings is 1. The van der Waals surface area contributed by atoms with Crippen molar-refractivity contribution in [3.63, 3.8) is 0 Å². The Morgan fingerprint density at radius 1 is 1.17 bits per heavy atom. The minimum Gasteiger partial charge on any atom is -0.324 e. The first-order chi connectivity index (χ1) is 8.56. The molecule has 5 heteroatoms. The predicted molar refractivity (Wildman–Crippen MR) is 76.7 cm³/mol. The van der Waals surface area contributed by atoms with E-state index in [0.717, 1.165) is 10.2 Å². The standard InChI is InChI=1S/C13H11Br2FN2/c14-8-2-4-11(12(16)5-8)13(17)6-10-3-1-9(15)7-18-10/h1-5,7,13H,6,17H2. The number of halogens is 3. The van der Waals surface area contributed by atoms with E-state index in [9.17, 15) is 4.39 Å². The summed E-state index contributed by atoms with van der Waals surface area (Å²) in [6.07, 6.45) is 2.21. The second-order valence-corrected chi connectivity index (χ2v) is 5.78. The van der Waals surface area contributed by atoms with Gasteiger partial charge in [-0.05, 0) is 40.2 Å². The van der Waals surface area contributed by atoms with Gasteiger partial charge in [-0.25, -0.2) is 4.39 Å². The van der Waals surface area contributed by atoms with Crippen molar-refractivity contribution < 1.29 is 4.39 Å². The first kappa shape index (κ1) is 13.6. The van der Waals surface area contributed by atoms with Crippen molar-refractivity contribution in [2.75, 3.05) is 0 Å². The zero-order valence-corrected chi connectivity index (χ0v) is 12.6. The third-order valence-electron chi connectivity index (χ3n) is 2.58. The van der Waals surface area contributed by atoms with Gasteiger partial charge in [0.2, 0.25) is 0 Å². The number of nitrogens with two attached hydrogens (primary N) is 1. The van der Waals surface area contributed by atoms with Crippen molar-refractivity contribution in [2.24, 2.45) is 5.73 Å². The van der Waals surface area contributed by atoms with E-state index in [4.69, 9.17) is 5.73 Å². The minimum atomic E-state index is -0.397. The Hall–Kier alpha value is -0.780. The van der Waals surface area contributed by atoms with Crippen molar-refractivity contribution in [1.29, 1.82) is 0 Å². The van der Waals surface area contributed by atoms with Crippen LogP contribution in [0.2, 0.25) is 0 Å². The normalized spacial score (nSPS) is 12.4. The van der Waals surface area contributed by atoms with Gasteiger partial charge in [0, 0.05) is 38.9 Å². The second-order valence-electron chi connectivity index (χ2n) is 3.94. The molecule has 0 aliphatic heterocycles. The van der Waals surface area contributed by atoms with E-state index in [1.807, 2.05) is 12.1 Å². The van der Waals surface area contributed by atoms with Gasteiger partial charge >= 0.3 is 0 Å². The van der Waals surface area contributed by atoms with Gasteiger partial charge in [0.1, 0.15) is 5.82 Å². The highest BCUT2D eigenvalue weighted by molar-refractivity contribution is 9.10. The average Bonchev–Trinajstić information content (AvgIpc) is 2.32. The molecule has 2 aromatic rings. The molecule has 2 nitrogen and oxygen atoms in total. The Bertz CT molecular complexity index is 543. The molecule has 0 radical (unpaired) electrons. The summed E-state index contributed by atoms with van der Waals surface area (Å²) in [5, 5.41) is 0. The number of nitrogens with zero attached hydrogens (tertiary/aromatic N) is 1. The molecule has 94 valence electrons. The molecule has 2 N–H and O–H groups in total. The van der Waals surface area contributed by atoms with Gasteiger partial charge in [0.15, 0.2) is 0 Å². The van der Waals surface area contributed by atoms with Gasteiger partial charge in [-0.2, -0.15) is 0 Å². The fraction of sp³-hybridized carbons (Fsp3) is 0.154. The average molecular weight is 374 g/mol. The van der Waals surface area contributed by atoms with Crippen molar-refractivity contribution in [3.05, 3.63) is 62.5 Å². The third-order valence-corrected chi connectivity index (χ3v) is 3.54. The molecular formula is C13H11Br2FN2. The highest BCUT2D eigenvalue weighted by Crippen LogP contribution is 2.22. The molecule has 0 bridgehead atoms. The zero-order chi connectivity index (χ0) is 13.1. The Labute approximate surface area is 122 Å². The van der Waals surface area contributed by atoms with Crippen LogP contribution < -0.4 is 5.73 Å². The van der Waals surface area contributed by atoms with Crippen molar-refractivity contribution in [3.8, 4) is 0 Å². The van der Waals surface area contributed by atoms with Crippen molar-refractivity contribution >= 4 is 31.9 Å². The second kappa shape index (κ2) is 5.91.